The highest BCUT2D eigenvalue weighted by molar-refractivity contribution is 7.92. The van der Waals surface area contributed by atoms with E-state index in [1.165, 1.54) is 24.3 Å². The van der Waals surface area contributed by atoms with Gasteiger partial charge in [0.1, 0.15) is 19.3 Å². The molecule has 0 unspecified atom stereocenters. The van der Waals surface area contributed by atoms with Crippen LogP contribution in [0.25, 0.3) is 0 Å². The van der Waals surface area contributed by atoms with Crippen molar-refractivity contribution in [3.63, 3.8) is 0 Å². The molecule has 0 aliphatic carbocycles. The fourth-order valence-electron chi connectivity index (χ4n) is 3.45. The number of rotatable bonds is 7. The Kier molecular flexibility index (Phi) is 6.76. The van der Waals surface area contributed by atoms with E-state index in [1.807, 2.05) is 24.3 Å². The molecular weight excluding hydrogens is 464 g/mol. The number of carbonyl (C=O) groups is 1. The first-order valence-corrected chi connectivity index (χ1v) is 12.2. The summed E-state index contributed by atoms with van der Waals surface area (Å²) in [5.41, 5.74) is 1.15. The Balaban J connectivity index is 1.50. The number of benzene rings is 3. The third kappa shape index (κ3) is 5.23. The molecule has 0 bridgehead atoms. The molecule has 0 spiro atoms. The molecule has 1 atom stereocenters. The van der Waals surface area contributed by atoms with Crippen LogP contribution < -0.4 is 19.1 Å². The van der Waals surface area contributed by atoms with Gasteiger partial charge in [-0.25, -0.2) is 8.42 Å². The van der Waals surface area contributed by atoms with E-state index in [0.29, 0.717) is 22.2 Å². The quantitative estimate of drug-likeness (QED) is 0.549. The van der Waals surface area contributed by atoms with E-state index in [1.54, 1.807) is 31.2 Å². The van der Waals surface area contributed by atoms with Crippen LogP contribution in [0.15, 0.2) is 77.7 Å². The normalized spacial score (nSPS) is 15.0. The van der Waals surface area contributed by atoms with E-state index in [9.17, 15) is 13.2 Å². The summed E-state index contributed by atoms with van der Waals surface area (Å²) in [7, 11) is -4.01. The summed E-state index contributed by atoms with van der Waals surface area (Å²) in [6, 6.07) is 20.2. The van der Waals surface area contributed by atoms with E-state index in [4.69, 9.17) is 21.1 Å². The fourth-order valence-corrected chi connectivity index (χ4v) is 5.07. The van der Waals surface area contributed by atoms with Crippen LogP contribution >= 0.6 is 11.6 Å². The third-order valence-corrected chi connectivity index (χ3v) is 7.19. The van der Waals surface area contributed by atoms with Crippen molar-refractivity contribution in [2.45, 2.75) is 17.9 Å². The zero-order valence-electron chi connectivity index (χ0n) is 17.9. The van der Waals surface area contributed by atoms with Crippen LogP contribution in [0.1, 0.15) is 5.56 Å². The second kappa shape index (κ2) is 9.72. The topological polar surface area (TPSA) is 84.9 Å². The maximum atomic E-state index is 13.4. The minimum atomic E-state index is -4.01. The van der Waals surface area contributed by atoms with E-state index >= 15 is 0 Å². The summed E-state index contributed by atoms with van der Waals surface area (Å²) in [6.45, 7) is 1.86. The Morgan fingerprint density at radius 3 is 2.42 bits per heavy atom. The summed E-state index contributed by atoms with van der Waals surface area (Å²) in [4.78, 5) is 12.9. The number of amides is 1. The molecule has 1 aliphatic heterocycles. The third-order valence-electron chi connectivity index (χ3n) is 5.17. The highest BCUT2D eigenvalue weighted by atomic mass is 35.5. The Morgan fingerprint density at radius 2 is 1.70 bits per heavy atom. The van der Waals surface area contributed by atoms with Crippen LogP contribution in [-0.4, -0.2) is 40.1 Å². The number of para-hydroxylation sites is 3. The minimum Gasteiger partial charge on any atom is -0.486 e. The Labute approximate surface area is 197 Å². The van der Waals surface area contributed by atoms with Gasteiger partial charge in [-0.15, -0.1) is 0 Å². The van der Waals surface area contributed by atoms with Gasteiger partial charge in [0.25, 0.3) is 10.0 Å². The lowest BCUT2D eigenvalue weighted by molar-refractivity contribution is -0.120. The molecule has 4 rings (SSSR count). The van der Waals surface area contributed by atoms with Crippen molar-refractivity contribution >= 4 is 33.2 Å². The molecular formula is C24H23ClN2O5S. The molecule has 3 aromatic carbocycles. The molecule has 9 heteroatoms. The number of nitrogens with one attached hydrogen (secondary N) is 1. The lowest BCUT2D eigenvalue weighted by Crippen LogP contribution is -2.45. The molecule has 0 aromatic heterocycles. The number of anilines is 1. The number of carbonyl (C=O) groups excluding carboxylic acids is 1. The van der Waals surface area contributed by atoms with Crippen molar-refractivity contribution in [3.05, 3.63) is 83.4 Å². The average molecular weight is 487 g/mol. The van der Waals surface area contributed by atoms with Gasteiger partial charge >= 0.3 is 0 Å². The van der Waals surface area contributed by atoms with Crippen LogP contribution in [0.4, 0.5) is 5.69 Å². The van der Waals surface area contributed by atoms with Crippen LogP contribution in [0.5, 0.6) is 11.5 Å². The molecule has 172 valence electrons. The van der Waals surface area contributed by atoms with Crippen LogP contribution in [0.2, 0.25) is 5.02 Å². The van der Waals surface area contributed by atoms with Gasteiger partial charge in [-0.3, -0.25) is 9.10 Å². The van der Waals surface area contributed by atoms with E-state index < -0.39 is 15.9 Å². The number of aryl methyl sites for hydroxylation is 1. The molecule has 1 heterocycles. The van der Waals surface area contributed by atoms with Gasteiger partial charge in [0.2, 0.25) is 5.91 Å². The molecule has 0 saturated heterocycles. The van der Waals surface area contributed by atoms with Crippen LogP contribution in [-0.2, 0) is 14.8 Å². The standard InChI is InChI=1S/C24H23ClN2O5S/c1-17-6-2-3-7-21(17)27(33(29,30)20-12-10-18(25)11-13-20)15-24(28)26-14-19-16-31-22-8-4-5-9-23(22)32-19/h2-13,19H,14-16H2,1H3,(H,26,28)/t19-/m0/s1. The molecule has 33 heavy (non-hydrogen) atoms. The van der Waals surface area contributed by atoms with Crippen LogP contribution in [0.3, 0.4) is 0 Å². The number of hydrogen-bond donors (Lipinski definition) is 1. The van der Waals surface area contributed by atoms with Crippen molar-refractivity contribution < 1.29 is 22.7 Å². The maximum Gasteiger partial charge on any atom is 0.264 e. The molecule has 0 fully saturated rings. The van der Waals surface area contributed by atoms with Crippen molar-refractivity contribution in [3.8, 4) is 11.5 Å². The van der Waals surface area contributed by atoms with Crippen molar-refractivity contribution in [1.82, 2.24) is 5.32 Å². The summed E-state index contributed by atoms with van der Waals surface area (Å²) in [5, 5.41) is 3.19. The Morgan fingerprint density at radius 1 is 1.03 bits per heavy atom. The summed E-state index contributed by atoms with van der Waals surface area (Å²) in [5.74, 6) is 0.799. The second-order valence-electron chi connectivity index (χ2n) is 7.55. The van der Waals surface area contributed by atoms with Gasteiger partial charge in [-0.2, -0.15) is 0 Å². The van der Waals surface area contributed by atoms with Crippen molar-refractivity contribution in [2.75, 3.05) is 24.0 Å². The van der Waals surface area contributed by atoms with Gasteiger partial charge in [0, 0.05) is 5.02 Å². The zero-order chi connectivity index (χ0) is 23.4. The fraction of sp³-hybridized carbons (Fsp3) is 0.208. The van der Waals surface area contributed by atoms with Crippen LogP contribution in [0, 0.1) is 6.92 Å². The zero-order valence-corrected chi connectivity index (χ0v) is 19.5. The van der Waals surface area contributed by atoms with Gasteiger partial charge in [-0.1, -0.05) is 41.9 Å². The summed E-state index contributed by atoms with van der Waals surface area (Å²) < 4.78 is 39.5. The SMILES string of the molecule is Cc1ccccc1N(CC(=O)NC[C@H]1COc2ccccc2O1)S(=O)(=O)c1ccc(Cl)cc1. The lowest BCUT2D eigenvalue weighted by Gasteiger charge is -2.28. The molecule has 3 aromatic rings. The Bertz CT molecular complexity index is 1250. The molecule has 1 N–H and O–H groups in total. The maximum absolute atomic E-state index is 13.4. The smallest absolute Gasteiger partial charge is 0.264 e. The highest BCUT2D eigenvalue weighted by Crippen LogP contribution is 2.31. The van der Waals surface area contributed by atoms with Gasteiger partial charge < -0.3 is 14.8 Å². The van der Waals surface area contributed by atoms with Gasteiger partial charge in [0.05, 0.1) is 17.1 Å². The first-order valence-electron chi connectivity index (χ1n) is 10.3. The lowest BCUT2D eigenvalue weighted by atomic mass is 10.2. The number of sulfonamides is 1. The first kappa shape index (κ1) is 22.9. The largest absolute Gasteiger partial charge is 0.486 e. The number of nitrogens with zero attached hydrogens (tertiary/aromatic N) is 1. The molecule has 7 nitrogen and oxygen atoms in total. The molecule has 1 aliphatic rings. The minimum absolute atomic E-state index is 0.0450. The number of hydrogen-bond acceptors (Lipinski definition) is 5. The first-order chi connectivity index (χ1) is 15.8. The van der Waals surface area contributed by atoms with E-state index in [2.05, 4.69) is 5.32 Å². The average Bonchev–Trinajstić information content (AvgIpc) is 2.82. The van der Waals surface area contributed by atoms with E-state index in [-0.39, 0.29) is 30.7 Å². The number of fused-ring (bicyclic) bond motifs is 1. The number of ether oxygens (including phenoxy) is 2. The summed E-state index contributed by atoms with van der Waals surface area (Å²) in [6.07, 6.45) is -0.386. The van der Waals surface area contributed by atoms with Crippen molar-refractivity contribution in [2.24, 2.45) is 0 Å². The predicted molar refractivity (Wildman–Crippen MR) is 127 cm³/mol. The monoisotopic (exact) mass is 486 g/mol. The second-order valence-corrected chi connectivity index (χ2v) is 9.85. The van der Waals surface area contributed by atoms with Crippen molar-refractivity contribution in [1.29, 1.82) is 0 Å². The highest BCUT2D eigenvalue weighted by Gasteiger charge is 2.29. The van der Waals surface area contributed by atoms with E-state index in [0.717, 1.165) is 9.87 Å². The Hall–Kier alpha value is -3.23. The number of halogens is 1. The molecule has 0 saturated carbocycles. The molecule has 0 radical (unpaired) electrons. The predicted octanol–water partition coefficient (Wildman–Crippen LogP) is 3.80. The van der Waals surface area contributed by atoms with Gasteiger partial charge in [0.15, 0.2) is 11.5 Å². The molecule has 1 amide bonds. The van der Waals surface area contributed by atoms with Gasteiger partial charge in [-0.05, 0) is 55.0 Å². The summed E-state index contributed by atoms with van der Waals surface area (Å²) >= 11 is 5.92.